The van der Waals surface area contributed by atoms with Gasteiger partial charge in [-0.25, -0.2) is 0 Å². The minimum Gasteiger partial charge on any atom is -0.341 e. The highest BCUT2D eigenvalue weighted by Crippen LogP contribution is 2.33. The van der Waals surface area contributed by atoms with Crippen LogP contribution in [0.2, 0.25) is 0 Å². The van der Waals surface area contributed by atoms with E-state index in [0.717, 1.165) is 35.8 Å². The van der Waals surface area contributed by atoms with Crippen LogP contribution in [0.3, 0.4) is 0 Å². The standard InChI is InChI=1S/C20H29N3O2/c1-6-18(24)23(15(4)5)14-17-19(16-12-10-9-11-13-16)21-25-20(17)22(7-2)8-3/h9-13,15H,6-8,14H2,1-5H3. The summed E-state index contributed by atoms with van der Waals surface area (Å²) in [5, 5.41) is 4.35. The lowest BCUT2D eigenvalue weighted by Crippen LogP contribution is -2.36. The maximum Gasteiger partial charge on any atom is 0.232 e. The normalized spacial score (nSPS) is 11.0. The topological polar surface area (TPSA) is 49.6 Å². The zero-order valence-electron chi connectivity index (χ0n) is 16.0. The number of amides is 1. The van der Waals surface area contributed by atoms with E-state index in [9.17, 15) is 4.79 Å². The smallest absolute Gasteiger partial charge is 0.232 e. The molecular formula is C20H29N3O2. The van der Waals surface area contributed by atoms with Crippen LogP contribution in [0.5, 0.6) is 0 Å². The Hall–Kier alpha value is -2.30. The summed E-state index contributed by atoms with van der Waals surface area (Å²) in [4.78, 5) is 16.4. The van der Waals surface area contributed by atoms with Gasteiger partial charge >= 0.3 is 0 Å². The number of carbonyl (C=O) groups excluding carboxylic acids is 1. The van der Waals surface area contributed by atoms with E-state index >= 15 is 0 Å². The fourth-order valence-electron chi connectivity index (χ4n) is 2.96. The van der Waals surface area contributed by atoms with Crippen LogP contribution in [-0.2, 0) is 11.3 Å². The summed E-state index contributed by atoms with van der Waals surface area (Å²) in [6.07, 6.45) is 0.491. The van der Waals surface area contributed by atoms with Crippen molar-refractivity contribution in [3.63, 3.8) is 0 Å². The number of hydrogen-bond donors (Lipinski definition) is 0. The summed E-state index contributed by atoms with van der Waals surface area (Å²) in [6.45, 7) is 12.3. The minimum atomic E-state index is 0.121. The largest absolute Gasteiger partial charge is 0.341 e. The molecule has 1 aromatic carbocycles. The summed E-state index contributed by atoms with van der Waals surface area (Å²) in [5.41, 5.74) is 2.80. The Morgan fingerprint density at radius 2 is 1.76 bits per heavy atom. The molecule has 0 aliphatic rings. The summed E-state index contributed by atoms with van der Waals surface area (Å²) < 4.78 is 5.73. The molecule has 25 heavy (non-hydrogen) atoms. The van der Waals surface area contributed by atoms with Crippen LogP contribution in [0.1, 0.15) is 46.6 Å². The second-order valence-electron chi connectivity index (χ2n) is 6.32. The van der Waals surface area contributed by atoms with Crippen LogP contribution < -0.4 is 4.90 Å². The molecule has 0 unspecified atom stereocenters. The van der Waals surface area contributed by atoms with Crippen LogP contribution in [0.15, 0.2) is 34.9 Å². The molecule has 0 saturated carbocycles. The van der Waals surface area contributed by atoms with E-state index in [1.807, 2.05) is 56.0 Å². The first kappa shape index (κ1) is 19.0. The molecule has 0 radical (unpaired) electrons. The zero-order chi connectivity index (χ0) is 18.4. The summed E-state index contributed by atoms with van der Waals surface area (Å²) >= 11 is 0. The Morgan fingerprint density at radius 3 is 2.28 bits per heavy atom. The molecule has 0 aliphatic heterocycles. The van der Waals surface area contributed by atoms with Crippen molar-refractivity contribution in [2.24, 2.45) is 0 Å². The van der Waals surface area contributed by atoms with E-state index in [0.29, 0.717) is 13.0 Å². The van der Waals surface area contributed by atoms with E-state index in [1.165, 1.54) is 0 Å². The maximum atomic E-state index is 12.4. The molecule has 2 aromatic rings. The van der Waals surface area contributed by atoms with Crippen molar-refractivity contribution < 1.29 is 9.32 Å². The van der Waals surface area contributed by atoms with Gasteiger partial charge in [0.1, 0.15) is 5.69 Å². The first-order valence-corrected chi connectivity index (χ1v) is 9.11. The Bertz CT molecular complexity index is 676. The lowest BCUT2D eigenvalue weighted by atomic mass is 10.1. The van der Waals surface area contributed by atoms with Crippen LogP contribution >= 0.6 is 0 Å². The predicted molar refractivity (Wildman–Crippen MR) is 101 cm³/mol. The van der Waals surface area contributed by atoms with Gasteiger partial charge in [0.2, 0.25) is 11.8 Å². The molecule has 0 saturated heterocycles. The second-order valence-corrected chi connectivity index (χ2v) is 6.32. The molecule has 0 aliphatic carbocycles. The minimum absolute atomic E-state index is 0.121. The van der Waals surface area contributed by atoms with E-state index in [2.05, 4.69) is 23.9 Å². The predicted octanol–water partition coefficient (Wildman–Crippen LogP) is 4.33. The van der Waals surface area contributed by atoms with Crippen molar-refractivity contribution in [3.05, 3.63) is 35.9 Å². The van der Waals surface area contributed by atoms with Gasteiger partial charge in [-0.3, -0.25) is 4.79 Å². The second kappa shape index (κ2) is 8.70. The van der Waals surface area contributed by atoms with Gasteiger partial charge in [-0.05, 0) is 27.7 Å². The summed E-state index contributed by atoms with van der Waals surface area (Å²) in [5.74, 6) is 0.902. The fraction of sp³-hybridized carbons (Fsp3) is 0.500. The molecule has 0 fully saturated rings. The quantitative estimate of drug-likeness (QED) is 0.715. The molecule has 0 atom stereocenters. The van der Waals surface area contributed by atoms with Crippen molar-refractivity contribution in [1.82, 2.24) is 10.1 Å². The number of hydrogen-bond acceptors (Lipinski definition) is 4. The van der Waals surface area contributed by atoms with Crippen LogP contribution in [0.25, 0.3) is 11.3 Å². The summed E-state index contributed by atoms with van der Waals surface area (Å²) in [7, 11) is 0. The van der Waals surface area contributed by atoms with Gasteiger partial charge in [0, 0.05) is 31.1 Å². The Labute approximate surface area is 150 Å². The van der Waals surface area contributed by atoms with Gasteiger partial charge in [-0.2, -0.15) is 0 Å². The molecular weight excluding hydrogens is 314 g/mol. The van der Waals surface area contributed by atoms with Gasteiger partial charge in [0.05, 0.1) is 12.1 Å². The van der Waals surface area contributed by atoms with E-state index in [4.69, 9.17) is 4.52 Å². The maximum absolute atomic E-state index is 12.4. The highest BCUT2D eigenvalue weighted by Gasteiger charge is 2.25. The van der Waals surface area contributed by atoms with Gasteiger partial charge in [-0.15, -0.1) is 0 Å². The lowest BCUT2D eigenvalue weighted by Gasteiger charge is -2.28. The molecule has 5 nitrogen and oxygen atoms in total. The van der Waals surface area contributed by atoms with Crippen LogP contribution in [-0.4, -0.2) is 35.1 Å². The first-order chi connectivity index (χ1) is 12.0. The highest BCUT2D eigenvalue weighted by molar-refractivity contribution is 5.77. The number of carbonyl (C=O) groups is 1. The van der Waals surface area contributed by atoms with Crippen molar-refractivity contribution in [2.75, 3.05) is 18.0 Å². The Balaban J connectivity index is 2.51. The van der Waals surface area contributed by atoms with Gasteiger partial charge in [-0.1, -0.05) is 42.4 Å². The van der Waals surface area contributed by atoms with Crippen LogP contribution in [0, 0.1) is 0 Å². The number of anilines is 1. The first-order valence-electron chi connectivity index (χ1n) is 9.11. The van der Waals surface area contributed by atoms with Gasteiger partial charge in [0.15, 0.2) is 0 Å². The molecule has 0 N–H and O–H groups in total. The fourth-order valence-corrected chi connectivity index (χ4v) is 2.96. The third kappa shape index (κ3) is 4.21. The SMILES string of the molecule is CCC(=O)N(Cc1c(-c2ccccc2)noc1N(CC)CC)C(C)C. The molecule has 1 heterocycles. The lowest BCUT2D eigenvalue weighted by molar-refractivity contribution is -0.133. The van der Waals surface area contributed by atoms with Crippen molar-refractivity contribution in [1.29, 1.82) is 0 Å². The molecule has 2 rings (SSSR count). The molecule has 1 aromatic heterocycles. The van der Waals surface area contributed by atoms with Gasteiger partial charge in [0.25, 0.3) is 0 Å². The monoisotopic (exact) mass is 343 g/mol. The van der Waals surface area contributed by atoms with E-state index < -0.39 is 0 Å². The van der Waals surface area contributed by atoms with Crippen LogP contribution in [0.4, 0.5) is 5.88 Å². The molecule has 136 valence electrons. The van der Waals surface area contributed by atoms with Gasteiger partial charge < -0.3 is 14.3 Å². The highest BCUT2D eigenvalue weighted by atomic mass is 16.5. The molecule has 0 bridgehead atoms. The number of nitrogens with zero attached hydrogens (tertiary/aromatic N) is 3. The third-order valence-corrected chi connectivity index (χ3v) is 4.44. The van der Waals surface area contributed by atoms with E-state index in [1.54, 1.807) is 0 Å². The molecule has 1 amide bonds. The van der Waals surface area contributed by atoms with Crippen molar-refractivity contribution >= 4 is 11.8 Å². The van der Waals surface area contributed by atoms with E-state index in [-0.39, 0.29) is 11.9 Å². The molecule has 0 spiro atoms. The van der Waals surface area contributed by atoms with Crippen molar-refractivity contribution in [2.45, 2.75) is 53.6 Å². The molecule has 5 heteroatoms. The number of rotatable bonds is 8. The third-order valence-electron chi connectivity index (χ3n) is 4.44. The average molecular weight is 343 g/mol. The van der Waals surface area contributed by atoms with Crippen molar-refractivity contribution in [3.8, 4) is 11.3 Å². The number of aromatic nitrogens is 1. The average Bonchev–Trinajstić information content (AvgIpc) is 3.04. The zero-order valence-corrected chi connectivity index (χ0v) is 16.0. The Kier molecular flexibility index (Phi) is 6.62. The Morgan fingerprint density at radius 1 is 1.12 bits per heavy atom. The summed E-state index contributed by atoms with van der Waals surface area (Å²) in [6, 6.07) is 10.1. The number of benzene rings is 1.